The molecule has 1 heterocycles. The predicted octanol–water partition coefficient (Wildman–Crippen LogP) is 4.05. The molecule has 18 heavy (non-hydrogen) atoms. The minimum atomic E-state index is -0.272. The number of nitrogens with zero attached hydrogens (tertiary/aromatic N) is 1. The van der Waals surface area contributed by atoms with Crippen LogP contribution in [0.25, 0.3) is 11.3 Å². The lowest BCUT2D eigenvalue weighted by molar-refractivity contribution is 0.253. The van der Waals surface area contributed by atoms with Gasteiger partial charge < -0.3 is 5.73 Å². The summed E-state index contributed by atoms with van der Waals surface area (Å²) in [5, 5.41) is 2.80. The van der Waals surface area contributed by atoms with Gasteiger partial charge in [-0.05, 0) is 37.5 Å². The first-order valence-corrected chi connectivity index (χ1v) is 7.46. The van der Waals surface area contributed by atoms with Gasteiger partial charge in [0.05, 0.1) is 11.2 Å². The molecule has 94 valence electrons. The predicted molar refractivity (Wildman–Crippen MR) is 74.9 cm³/mol. The lowest BCUT2D eigenvalue weighted by Gasteiger charge is -2.35. The highest BCUT2D eigenvalue weighted by atomic mass is 79.9. The maximum absolute atomic E-state index is 13.8. The topological polar surface area (TPSA) is 38.9 Å². The van der Waals surface area contributed by atoms with Crippen molar-refractivity contribution in [2.75, 3.05) is 0 Å². The molecule has 0 spiro atoms. The van der Waals surface area contributed by atoms with Gasteiger partial charge in [0.15, 0.2) is 0 Å². The molecule has 0 radical (unpaired) electrons. The zero-order valence-corrected chi connectivity index (χ0v) is 12.0. The molecule has 0 atom stereocenters. The third-order valence-electron chi connectivity index (χ3n) is 3.38. The van der Waals surface area contributed by atoms with E-state index in [9.17, 15) is 4.39 Å². The van der Waals surface area contributed by atoms with E-state index in [1.165, 1.54) is 17.4 Å². The highest BCUT2D eigenvalue weighted by Crippen LogP contribution is 2.41. The van der Waals surface area contributed by atoms with Gasteiger partial charge in [0.25, 0.3) is 0 Å². The van der Waals surface area contributed by atoms with Crippen molar-refractivity contribution in [2.24, 2.45) is 5.73 Å². The summed E-state index contributed by atoms with van der Waals surface area (Å²) >= 11 is 4.87. The summed E-state index contributed by atoms with van der Waals surface area (Å²) in [6.07, 6.45) is 3.10. The van der Waals surface area contributed by atoms with Crippen LogP contribution < -0.4 is 5.73 Å². The summed E-state index contributed by atoms with van der Waals surface area (Å²) in [5.74, 6) is -0.255. The maximum Gasteiger partial charge on any atom is 0.132 e. The first kappa shape index (κ1) is 12.3. The molecule has 1 aromatic heterocycles. The lowest BCUT2D eigenvalue weighted by atomic mass is 9.78. The second kappa shape index (κ2) is 4.40. The van der Waals surface area contributed by atoms with Crippen LogP contribution in [0, 0.1) is 5.82 Å². The Labute approximate surface area is 117 Å². The molecule has 3 rings (SSSR count). The first-order chi connectivity index (χ1) is 8.58. The van der Waals surface area contributed by atoms with Crippen molar-refractivity contribution >= 4 is 27.3 Å². The van der Waals surface area contributed by atoms with Crippen molar-refractivity contribution in [3.05, 3.63) is 38.9 Å². The molecule has 0 saturated heterocycles. The SMILES string of the molecule is NC1(c2nc(-c3cc(Br)ccc3F)cs2)CCC1. The molecule has 1 saturated carbocycles. The Morgan fingerprint density at radius 3 is 2.83 bits per heavy atom. The number of nitrogens with two attached hydrogens (primary N) is 1. The third-order valence-corrected chi connectivity index (χ3v) is 4.94. The van der Waals surface area contributed by atoms with E-state index >= 15 is 0 Å². The molecule has 0 bridgehead atoms. The smallest absolute Gasteiger partial charge is 0.132 e. The van der Waals surface area contributed by atoms with E-state index in [2.05, 4.69) is 20.9 Å². The molecule has 1 aliphatic carbocycles. The first-order valence-electron chi connectivity index (χ1n) is 5.79. The van der Waals surface area contributed by atoms with Crippen LogP contribution in [0.2, 0.25) is 0 Å². The molecule has 2 N–H and O–H groups in total. The van der Waals surface area contributed by atoms with E-state index in [1.54, 1.807) is 12.1 Å². The van der Waals surface area contributed by atoms with Crippen LogP contribution in [0.5, 0.6) is 0 Å². The maximum atomic E-state index is 13.8. The number of halogens is 2. The second-order valence-electron chi connectivity index (χ2n) is 4.67. The standard InChI is InChI=1S/C13H12BrFN2S/c14-8-2-3-10(15)9(6-8)11-7-18-12(17-11)13(16)4-1-5-13/h2-3,6-7H,1,4-5,16H2. The normalized spacial score (nSPS) is 17.5. The van der Waals surface area contributed by atoms with Crippen LogP contribution >= 0.6 is 27.3 Å². The molecule has 1 aromatic carbocycles. The van der Waals surface area contributed by atoms with Crippen molar-refractivity contribution in [1.29, 1.82) is 0 Å². The number of hydrogen-bond acceptors (Lipinski definition) is 3. The monoisotopic (exact) mass is 326 g/mol. The average Bonchev–Trinajstić information content (AvgIpc) is 2.79. The molecule has 1 fully saturated rings. The fourth-order valence-electron chi connectivity index (χ4n) is 2.09. The minimum Gasteiger partial charge on any atom is -0.319 e. The highest BCUT2D eigenvalue weighted by Gasteiger charge is 2.37. The van der Waals surface area contributed by atoms with E-state index < -0.39 is 0 Å². The van der Waals surface area contributed by atoms with Gasteiger partial charge >= 0.3 is 0 Å². The minimum absolute atomic E-state index is 0.255. The molecule has 0 amide bonds. The summed E-state index contributed by atoms with van der Waals surface area (Å²) < 4.78 is 14.6. The van der Waals surface area contributed by atoms with E-state index in [0.717, 1.165) is 28.7 Å². The van der Waals surface area contributed by atoms with Gasteiger partial charge in [-0.1, -0.05) is 15.9 Å². The Kier molecular flexibility index (Phi) is 3.00. The van der Waals surface area contributed by atoms with Crippen LogP contribution in [0.4, 0.5) is 4.39 Å². The van der Waals surface area contributed by atoms with Gasteiger partial charge in [0.1, 0.15) is 10.8 Å². The third kappa shape index (κ3) is 2.00. The summed E-state index contributed by atoms with van der Waals surface area (Å²) in [5.41, 5.74) is 7.15. The number of hydrogen-bond donors (Lipinski definition) is 1. The van der Waals surface area contributed by atoms with Gasteiger partial charge in [-0.15, -0.1) is 11.3 Å². The number of aromatic nitrogens is 1. The van der Waals surface area contributed by atoms with E-state index in [4.69, 9.17) is 5.73 Å². The lowest BCUT2D eigenvalue weighted by Crippen LogP contribution is -2.43. The van der Waals surface area contributed by atoms with Crippen LogP contribution in [0.15, 0.2) is 28.1 Å². The van der Waals surface area contributed by atoms with Gasteiger partial charge in [0, 0.05) is 15.4 Å². The number of benzene rings is 1. The van der Waals surface area contributed by atoms with Gasteiger partial charge in [-0.2, -0.15) is 0 Å². The molecule has 0 unspecified atom stereocenters. The fraction of sp³-hybridized carbons (Fsp3) is 0.308. The number of thiazole rings is 1. The zero-order valence-electron chi connectivity index (χ0n) is 9.62. The molecule has 1 aliphatic rings. The Bertz CT molecular complexity index is 592. The fourth-order valence-corrected chi connectivity index (χ4v) is 3.45. The van der Waals surface area contributed by atoms with Crippen molar-refractivity contribution in [2.45, 2.75) is 24.8 Å². The van der Waals surface area contributed by atoms with Crippen molar-refractivity contribution in [1.82, 2.24) is 4.98 Å². The summed E-state index contributed by atoms with van der Waals surface area (Å²) in [4.78, 5) is 4.51. The van der Waals surface area contributed by atoms with Crippen LogP contribution in [0.1, 0.15) is 24.3 Å². The summed E-state index contributed by atoms with van der Waals surface area (Å²) in [7, 11) is 0. The second-order valence-corrected chi connectivity index (χ2v) is 6.45. The van der Waals surface area contributed by atoms with Gasteiger partial charge in [-0.25, -0.2) is 9.37 Å². The van der Waals surface area contributed by atoms with Crippen molar-refractivity contribution in [3.8, 4) is 11.3 Å². The quantitative estimate of drug-likeness (QED) is 0.904. The largest absolute Gasteiger partial charge is 0.319 e. The Balaban J connectivity index is 2.00. The van der Waals surface area contributed by atoms with E-state index in [-0.39, 0.29) is 11.4 Å². The Morgan fingerprint density at radius 1 is 1.39 bits per heavy atom. The molecular weight excluding hydrogens is 315 g/mol. The van der Waals surface area contributed by atoms with Crippen molar-refractivity contribution < 1.29 is 4.39 Å². The van der Waals surface area contributed by atoms with E-state index in [1.807, 2.05) is 5.38 Å². The molecule has 2 nitrogen and oxygen atoms in total. The zero-order chi connectivity index (χ0) is 12.8. The molecular formula is C13H12BrFN2S. The Morgan fingerprint density at radius 2 is 2.17 bits per heavy atom. The molecule has 0 aliphatic heterocycles. The van der Waals surface area contributed by atoms with Crippen LogP contribution in [-0.2, 0) is 5.54 Å². The summed E-state index contributed by atoms with van der Waals surface area (Å²) in [6.45, 7) is 0. The van der Waals surface area contributed by atoms with E-state index in [0.29, 0.717) is 11.3 Å². The summed E-state index contributed by atoms with van der Waals surface area (Å²) in [6, 6.07) is 4.88. The average molecular weight is 327 g/mol. The van der Waals surface area contributed by atoms with Gasteiger partial charge in [0.2, 0.25) is 0 Å². The van der Waals surface area contributed by atoms with Crippen LogP contribution in [0.3, 0.4) is 0 Å². The highest BCUT2D eigenvalue weighted by molar-refractivity contribution is 9.10. The van der Waals surface area contributed by atoms with Crippen LogP contribution in [-0.4, -0.2) is 4.98 Å². The van der Waals surface area contributed by atoms with Crippen molar-refractivity contribution in [3.63, 3.8) is 0 Å². The molecule has 5 heteroatoms. The number of rotatable bonds is 2. The van der Waals surface area contributed by atoms with Gasteiger partial charge in [-0.3, -0.25) is 0 Å². The Hall–Kier alpha value is -0.780. The molecule has 2 aromatic rings.